The molecular weight excluding hydrogens is 372 g/mol. The smallest absolute Gasteiger partial charge is 0.0813 e. The summed E-state index contributed by atoms with van der Waals surface area (Å²) < 4.78 is 3.88. The largest absolute Gasteiger partial charge is 0.353 e. The fourth-order valence-corrected chi connectivity index (χ4v) is 10.0. The van der Waals surface area contributed by atoms with Crippen molar-refractivity contribution in [2.45, 2.75) is 57.5 Å². The SMILES string of the molecule is Cc1ccccc1N1[C@@H](C)c2c(sc3ccn(C)c23)C12C1CC3CC(C1)CC2C3. The highest BCUT2D eigenvalue weighted by Crippen LogP contribution is 2.70. The molecule has 8 rings (SSSR count). The van der Waals surface area contributed by atoms with Gasteiger partial charge in [-0.05, 0) is 87.3 Å². The fraction of sp³-hybridized carbons (Fsp3) is 0.538. The van der Waals surface area contributed by atoms with Crippen LogP contribution in [0.2, 0.25) is 0 Å². The highest BCUT2D eigenvalue weighted by atomic mass is 32.1. The van der Waals surface area contributed by atoms with Gasteiger partial charge in [0.2, 0.25) is 0 Å². The molecule has 3 heteroatoms. The third kappa shape index (κ3) is 1.90. The predicted molar refractivity (Wildman–Crippen MR) is 122 cm³/mol. The molecule has 5 aliphatic rings. The number of anilines is 1. The van der Waals surface area contributed by atoms with E-state index in [1.165, 1.54) is 53.6 Å². The van der Waals surface area contributed by atoms with Crippen LogP contribution >= 0.6 is 11.3 Å². The minimum atomic E-state index is 0.234. The Kier molecular flexibility index (Phi) is 3.22. The average molecular weight is 403 g/mol. The lowest BCUT2D eigenvalue weighted by Crippen LogP contribution is -2.62. The van der Waals surface area contributed by atoms with E-state index in [9.17, 15) is 0 Å². The minimum absolute atomic E-state index is 0.234. The maximum atomic E-state index is 2.93. The van der Waals surface area contributed by atoms with E-state index >= 15 is 0 Å². The van der Waals surface area contributed by atoms with Gasteiger partial charge in [0.25, 0.3) is 0 Å². The summed E-state index contributed by atoms with van der Waals surface area (Å²) in [6, 6.07) is 12.0. The van der Waals surface area contributed by atoms with Crippen LogP contribution in [0.1, 0.15) is 61.1 Å². The van der Waals surface area contributed by atoms with Crippen LogP contribution in [0.4, 0.5) is 5.69 Å². The van der Waals surface area contributed by atoms with Gasteiger partial charge in [-0.1, -0.05) is 18.2 Å². The molecule has 1 aromatic carbocycles. The molecule has 2 nitrogen and oxygen atoms in total. The molecule has 0 unspecified atom stereocenters. The highest BCUT2D eigenvalue weighted by Gasteiger charge is 2.65. The molecule has 2 aromatic heterocycles. The molecule has 0 N–H and O–H groups in total. The first-order valence-corrected chi connectivity index (χ1v) is 12.3. The second kappa shape index (κ2) is 5.49. The number of rotatable bonds is 1. The van der Waals surface area contributed by atoms with Crippen molar-refractivity contribution < 1.29 is 0 Å². The monoisotopic (exact) mass is 402 g/mol. The third-order valence-electron chi connectivity index (χ3n) is 9.07. The molecule has 0 radical (unpaired) electrons. The van der Waals surface area contributed by atoms with Gasteiger partial charge in [-0.2, -0.15) is 0 Å². The Morgan fingerprint density at radius 3 is 2.34 bits per heavy atom. The lowest BCUT2D eigenvalue weighted by molar-refractivity contribution is -0.0588. The number of thiophene rings is 1. The number of para-hydroxylation sites is 1. The Morgan fingerprint density at radius 2 is 1.66 bits per heavy atom. The van der Waals surface area contributed by atoms with Crippen molar-refractivity contribution in [2.75, 3.05) is 4.90 Å². The molecule has 4 bridgehead atoms. The average Bonchev–Trinajstić information content (AvgIpc) is 3.31. The van der Waals surface area contributed by atoms with Gasteiger partial charge in [-0.3, -0.25) is 0 Å². The van der Waals surface area contributed by atoms with Crippen LogP contribution in [0, 0.1) is 30.6 Å². The number of benzene rings is 1. The summed E-state index contributed by atoms with van der Waals surface area (Å²) in [5.41, 5.74) is 6.30. The normalized spacial score (nSPS) is 37.2. The van der Waals surface area contributed by atoms with Gasteiger partial charge in [-0.15, -0.1) is 11.3 Å². The summed E-state index contributed by atoms with van der Waals surface area (Å²) in [4.78, 5) is 4.67. The topological polar surface area (TPSA) is 8.17 Å². The lowest BCUT2D eigenvalue weighted by Gasteiger charge is -2.63. The molecule has 29 heavy (non-hydrogen) atoms. The zero-order valence-corrected chi connectivity index (χ0v) is 18.5. The van der Waals surface area contributed by atoms with Crippen LogP contribution in [-0.4, -0.2) is 4.57 Å². The van der Waals surface area contributed by atoms with Crippen LogP contribution in [0.15, 0.2) is 36.5 Å². The zero-order chi connectivity index (χ0) is 19.5. The van der Waals surface area contributed by atoms with Crippen molar-refractivity contribution in [3.05, 3.63) is 52.5 Å². The van der Waals surface area contributed by atoms with Gasteiger partial charge < -0.3 is 9.47 Å². The molecule has 0 saturated heterocycles. The lowest BCUT2D eigenvalue weighted by atomic mass is 9.48. The molecule has 0 amide bonds. The van der Waals surface area contributed by atoms with Crippen LogP contribution in [0.5, 0.6) is 0 Å². The van der Waals surface area contributed by atoms with Crippen LogP contribution in [-0.2, 0) is 12.6 Å². The molecule has 4 fully saturated rings. The maximum absolute atomic E-state index is 2.93. The van der Waals surface area contributed by atoms with E-state index in [0.29, 0.717) is 6.04 Å². The zero-order valence-electron chi connectivity index (χ0n) is 17.7. The van der Waals surface area contributed by atoms with E-state index in [4.69, 9.17) is 0 Å². The summed E-state index contributed by atoms with van der Waals surface area (Å²) in [6.07, 6.45) is 9.59. The molecular formula is C26H30N2S. The summed E-state index contributed by atoms with van der Waals surface area (Å²) in [5, 5.41) is 0. The number of aryl methyl sites for hydroxylation is 2. The Hall–Kier alpha value is -1.74. The van der Waals surface area contributed by atoms with E-state index in [1.807, 2.05) is 0 Å². The molecule has 3 heterocycles. The summed E-state index contributed by atoms with van der Waals surface area (Å²) in [5.74, 6) is 3.65. The Balaban J connectivity index is 1.55. The molecule has 1 aliphatic heterocycles. The molecule has 1 atom stereocenters. The van der Waals surface area contributed by atoms with Gasteiger partial charge in [0.1, 0.15) is 0 Å². The number of hydrogen-bond acceptors (Lipinski definition) is 2. The quantitative estimate of drug-likeness (QED) is 0.435. The maximum Gasteiger partial charge on any atom is 0.0813 e. The molecule has 3 aromatic rings. The van der Waals surface area contributed by atoms with Crippen molar-refractivity contribution in [1.29, 1.82) is 0 Å². The van der Waals surface area contributed by atoms with Crippen molar-refractivity contribution in [2.24, 2.45) is 30.7 Å². The Morgan fingerprint density at radius 1 is 0.966 bits per heavy atom. The first-order chi connectivity index (χ1) is 14.1. The van der Waals surface area contributed by atoms with Gasteiger partial charge in [0.15, 0.2) is 0 Å². The third-order valence-corrected chi connectivity index (χ3v) is 10.4. The van der Waals surface area contributed by atoms with E-state index in [1.54, 1.807) is 10.4 Å². The highest BCUT2D eigenvalue weighted by molar-refractivity contribution is 7.19. The predicted octanol–water partition coefficient (Wildman–Crippen LogP) is 6.78. The van der Waals surface area contributed by atoms with Crippen LogP contribution in [0.25, 0.3) is 10.2 Å². The van der Waals surface area contributed by atoms with Gasteiger partial charge in [0, 0.05) is 29.4 Å². The molecule has 4 aliphatic carbocycles. The standard InChI is InChI=1S/C26H30N2S/c1-15-6-4-5-7-21(15)28-16(2)23-24-22(8-9-27(24)3)29-25(23)26(28)19-11-17-10-18(13-19)14-20(26)12-17/h4-9,16-20H,10-14H2,1-3H3/t16-,17?,18?,19?,20?,26?/m0/s1. The van der Waals surface area contributed by atoms with Crippen molar-refractivity contribution in [1.82, 2.24) is 4.57 Å². The summed E-state index contributed by atoms with van der Waals surface area (Å²) >= 11 is 2.13. The van der Waals surface area contributed by atoms with Gasteiger partial charge >= 0.3 is 0 Å². The summed E-state index contributed by atoms with van der Waals surface area (Å²) in [6.45, 7) is 4.81. The van der Waals surface area contributed by atoms with E-state index in [0.717, 1.165) is 23.7 Å². The van der Waals surface area contributed by atoms with Crippen molar-refractivity contribution in [3.8, 4) is 0 Å². The minimum Gasteiger partial charge on any atom is -0.353 e. The molecule has 1 spiro atoms. The first-order valence-electron chi connectivity index (χ1n) is 11.5. The van der Waals surface area contributed by atoms with Gasteiger partial charge in [0.05, 0.1) is 21.8 Å². The van der Waals surface area contributed by atoms with Crippen molar-refractivity contribution >= 4 is 27.2 Å². The fourth-order valence-electron chi connectivity index (χ4n) is 8.34. The van der Waals surface area contributed by atoms with E-state index in [-0.39, 0.29) is 5.54 Å². The van der Waals surface area contributed by atoms with Crippen LogP contribution in [0.3, 0.4) is 0 Å². The number of nitrogens with zero attached hydrogens (tertiary/aromatic N) is 2. The Bertz CT molecular complexity index is 1110. The number of hydrogen-bond donors (Lipinski definition) is 0. The number of aromatic nitrogens is 1. The van der Waals surface area contributed by atoms with Gasteiger partial charge in [-0.25, -0.2) is 0 Å². The van der Waals surface area contributed by atoms with E-state index in [2.05, 4.69) is 78.2 Å². The second-order valence-corrected chi connectivity index (χ2v) is 11.5. The summed E-state index contributed by atoms with van der Waals surface area (Å²) in [7, 11) is 2.24. The van der Waals surface area contributed by atoms with Crippen molar-refractivity contribution in [3.63, 3.8) is 0 Å². The molecule has 4 saturated carbocycles. The first kappa shape index (κ1) is 17.0. The molecule has 150 valence electrons. The Labute approximate surface area is 177 Å². The second-order valence-electron chi connectivity index (χ2n) is 10.4. The van der Waals surface area contributed by atoms with E-state index < -0.39 is 0 Å². The number of fused-ring (bicyclic) bond motifs is 3. The van der Waals surface area contributed by atoms with Crippen LogP contribution < -0.4 is 4.90 Å².